The van der Waals surface area contributed by atoms with Gasteiger partial charge in [-0.3, -0.25) is 14.2 Å². The van der Waals surface area contributed by atoms with Crippen molar-refractivity contribution in [3.05, 3.63) is 70.3 Å². The van der Waals surface area contributed by atoms with Crippen LogP contribution in [-0.2, 0) is 11.3 Å². The summed E-state index contributed by atoms with van der Waals surface area (Å²) in [5.74, 6) is -0.153. The van der Waals surface area contributed by atoms with Crippen LogP contribution in [0.3, 0.4) is 0 Å². The van der Waals surface area contributed by atoms with Gasteiger partial charge in [-0.25, -0.2) is 9.37 Å². The highest BCUT2D eigenvalue weighted by atomic mass is 32.2. The molecule has 0 radical (unpaired) electrons. The summed E-state index contributed by atoms with van der Waals surface area (Å²) in [6.45, 7) is 0.267. The van der Waals surface area contributed by atoms with E-state index < -0.39 is 0 Å². The van der Waals surface area contributed by atoms with E-state index >= 15 is 0 Å². The number of benzene rings is 2. The first-order valence-electron chi connectivity index (χ1n) is 11.3. The molecule has 1 N–H and O–H groups in total. The molecule has 0 bridgehead atoms. The smallest absolute Gasteiger partial charge is 0.262 e. The highest BCUT2D eigenvalue weighted by Gasteiger charge is 2.17. The zero-order chi connectivity index (χ0) is 22.3. The minimum Gasteiger partial charge on any atom is -0.353 e. The summed E-state index contributed by atoms with van der Waals surface area (Å²) in [7, 11) is 0. The maximum Gasteiger partial charge on any atom is 0.262 e. The Balaban J connectivity index is 1.53. The molecule has 1 fully saturated rings. The Morgan fingerprint density at radius 2 is 1.72 bits per heavy atom. The van der Waals surface area contributed by atoms with Crippen LogP contribution in [0.1, 0.15) is 50.5 Å². The minimum atomic E-state index is -0.321. The second-order valence-corrected chi connectivity index (χ2v) is 9.27. The number of hydrogen-bond donors (Lipinski definition) is 1. The van der Waals surface area contributed by atoms with E-state index in [1.165, 1.54) is 43.2 Å². The fourth-order valence-corrected chi connectivity index (χ4v) is 4.98. The SMILES string of the molecule is O=C(CSc1nc2ccccc2c(=O)n1Cc1ccc(F)cc1)NC1CCCCCCC1. The Kier molecular flexibility index (Phi) is 7.58. The van der Waals surface area contributed by atoms with Gasteiger partial charge in [-0.05, 0) is 42.7 Å². The number of rotatable bonds is 6. The number of nitrogens with one attached hydrogen (secondary N) is 1. The molecule has 1 amide bonds. The van der Waals surface area contributed by atoms with Gasteiger partial charge in [0.05, 0.1) is 23.2 Å². The minimum absolute atomic E-state index is 0.0312. The number of carbonyl (C=O) groups excluding carboxylic acids is 1. The lowest BCUT2D eigenvalue weighted by atomic mass is 9.97. The van der Waals surface area contributed by atoms with Gasteiger partial charge < -0.3 is 5.32 Å². The van der Waals surface area contributed by atoms with Crippen LogP contribution in [0.15, 0.2) is 58.5 Å². The standard InChI is InChI=1S/C25H28FN3O2S/c26-19-14-12-18(13-15-19)16-29-24(31)21-10-6-7-11-22(21)28-25(29)32-17-23(30)27-20-8-4-2-1-3-5-9-20/h6-7,10-15,20H,1-5,8-9,16-17H2,(H,27,30). The van der Waals surface area contributed by atoms with Gasteiger partial charge in [0.25, 0.3) is 5.56 Å². The third-order valence-corrected chi connectivity index (χ3v) is 6.86. The molecule has 2 aromatic carbocycles. The second-order valence-electron chi connectivity index (χ2n) is 8.33. The van der Waals surface area contributed by atoms with Crippen molar-refractivity contribution in [3.63, 3.8) is 0 Å². The van der Waals surface area contributed by atoms with Gasteiger partial charge in [-0.1, -0.05) is 68.1 Å². The summed E-state index contributed by atoms with van der Waals surface area (Å²) in [6.07, 6.45) is 8.12. The van der Waals surface area contributed by atoms with E-state index in [0.29, 0.717) is 16.1 Å². The zero-order valence-electron chi connectivity index (χ0n) is 18.1. The maximum absolute atomic E-state index is 13.3. The number of amides is 1. The lowest BCUT2D eigenvalue weighted by molar-refractivity contribution is -0.119. The van der Waals surface area contributed by atoms with Gasteiger partial charge in [-0.15, -0.1) is 0 Å². The lowest BCUT2D eigenvalue weighted by Crippen LogP contribution is -2.36. The van der Waals surface area contributed by atoms with Crippen LogP contribution in [0.2, 0.25) is 0 Å². The molecule has 0 atom stereocenters. The van der Waals surface area contributed by atoms with Gasteiger partial charge in [-0.2, -0.15) is 0 Å². The van der Waals surface area contributed by atoms with Crippen molar-refractivity contribution >= 4 is 28.6 Å². The van der Waals surface area contributed by atoms with Gasteiger partial charge in [0.2, 0.25) is 5.91 Å². The monoisotopic (exact) mass is 453 g/mol. The third kappa shape index (κ3) is 5.76. The maximum atomic E-state index is 13.3. The van der Waals surface area contributed by atoms with Crippen LogP contribution >= 0.6 is 11.8 Å². The molecule has 0 unspecified atom stereocenters. The highest BCUT2D eigenvalue weighted by Crippen LogP contribution is 2.20. The average Bonchev–Trinajstić information content (AvgIpc) is 2.77. The summed E-state index contributed by atoms with van der Waals surface area (Å²) >= 11 is 1.27. The molecule has 5 nitrogen and oxygen atoms in total. The zero-order valence-corrected chi connectivity index (χ0v) is 18.9. The fourth-order valence-electron chi connectivity index (χ4n) is 4.17. The molecular weight excluding hydrogens is 425 g/mol. The fraction of sp³-hybridized carbons (Fsp3) is 0.400. The number of carbonyl (C=O) groups is 1. The second kappa shape index (κ2) is 10.8. The number of nitrogens with zero attached hydrogens (tertiary/aromatic N) is 2. The van der Waals surface area contributed by atoms with Crippen LogP contribution in [0.25, 0.3) is 10.9 Å². The van der Waals surface area contributed by atoms with Crippen LogP contribution in [0.4, 0.5) is 4.39 Å². The molecule has 1 aromatic heterocycles. The van der Waals surface area contributed by atoms with Crippen molar-refractivity contribution in [2.45, 2.75) is 62.7 Å². The first-order chi connectivity index (χ1) is 15.6. The van der Waals surface area contributed by atoms with Crippen LogP contribution in [0, 0.1) is 5.82 Å². The Morgan fingerprint density at radius 1 is 1.03 bits per heavy atom. The number of aromatic nitrogens is 2. The average molecular weight is 454 g/mol. The normalized spacial score (nSPS) is 15.3. The van der Waals surface area contributed by atoms with Gasteiger partial charge in [0, 0.05) is 6.04 Å². The number of hydrogen-bond acceptors (Lipinski definition) is 4. The topological polar surface area (TPSA) is 64.0 Å². The van der Waals surface area contributed by atoms with E-state index in [1.807, 2.05) is 12.1 Å². The molecule has 32 heavy (non-hydrogen) atoms. The quantitative estimate of drug-likeness (QED) is 0.426. The van der Waals surface area contributed by atoms with E-state index in [2.05, 4.69) is 10.3 Å². The molecule has 7 heteroatoms. The van der Waals surface area contributed by atoms with Crippen molar-refractivity contribution < 1.29 is 9.18 Å². The van der Waals surface area contributed by atoms with Crippen molar-refractivity contribution in [3.8, 4) is 0 Å². The summed E-state index contributed by atoms with van der Waals surface area (Å²) < 4.78 is 14.9. The van der Waals surface area contributed by atoms with Gasteiger partial charge in [0.15, 0.2) is 5.16 Å². The number of halogens is 1. The summed E-state index contributed by atoms with van der Waals surface area (Å²) in [5.41, 5.74) is 1.24. The highest BCUT2D eigenvalue weighted by molar-refractivity contribution is 7.99. The van der Waals surface area contributed by atoms with Crippen molar-refractivity contribution in [2.75, 3.05) is 5.75 Å². The molecule has 0 aliphatic heterocycles. The molecule has 1 aliphatic carbocycles. The van der Waals surface area contributed by atoms with Gasteiger partial charge >= 0.3 is 0 Å². The van der Waals surface area contributed by atoms with E-state index in [-0.39, 0.29) is 35.6 Å². The molecule has 0 saturated heterocycles. The van der Waals surface area contributed by atoms with E-state index in [9.17, 15) is 14.0 Å². The number of thioether (sulfide) groups is 1. The van der Waals surface area contributed by atoms with Crippen molar-refractivity contribution in [2.24, 2.45) is 0 Å². The van der Waals surface area contributed by atoms with Crippen molar-refractivity contribution in [1.29, 1.82) is 0 Å². The molecule has 1 aliphatic rings. The lowest BCUT2D eigenvalue weighted by Gasteiger charge is -2.21. The first kappa shape index (κ1) is 22.5. The predicted molar refractivity (Wildman–Crippen MR) is 126 cm³/mol. The van der Waals surface area contributed by atoms with Crippen LogP contribution in [-0.4, -0.2) is 27.3 Å². The molecule has 168 valence electrons. The molecule has 1 heterocycles. The molecule has 1 saturated carbocycles. The molecule has 3 aromatic rings. The van der Waals surface area contributed by atoms with E-state index in [1.54, 1.807) is 28.8 Å². The van der Waals surface area contributed by atoms with Crippen LogP contribution < -0.4 is 10.9 Å². The van der Waals surface area contributed by atoms with E-state index in [0.717, 1.165) is 31.2 Å². The molecule has 0 spiro atoms. The summed E-state index contributed by atoms with van der Waals surface area (Å²) in [4.78, 5) is 30.5. The third-order valence-electron chi connectivity index (χ3n) is 5.88. The largest absolute Gasteiger partial charge is 0.353 e. The Hall–Kier alpha value is -2.67. The Morgan fingerprint density at radius 3 is 2.47 bits per heavy atom. The number of para-hydroxylation sites is 1. The summed E-state index contributed by atoms with van der Waals surface area (Å²) in [6, 6.07) is 13.5. The number of fused-ring (bicyclic) bond motifs is 1. The van der Waals surface area contributed by atoms with E-state index in [4.69, 9.17) is 0 Å². The first-order valence-corrected chi connectivity index (χ1v) is 12.2. The van der Waals surface area contributed by atoms with Crippen LogP contribution in [0.5, 0.6) is 0 Å². The van der Waals surface area contributed by atoms with Crippen molar-refractivity contribution in [1.82, 2.24) is 14.9 Å². The summed E-state index contributed by atoms with van der Waals surface area (Å²) in [5, 5.41) is 4.18. The Bertz CT molecular complexity index is 1120. The Labute approximate surface area is 191 Å². The van der Waals surface area contributed by atoms with Gasteiger partial charge in [0.1, 0.15) is 5.82 Å². The predicted octanol–water partition coefficient (Wildman–Crippen LogP) is 4.91. The molecule has 4 rings (SSSR count). The molecular formula is C25H28FN3O2S.